The Kier molecular flexibility index (Phi) is 4.22. The van der Waals surface area contributed by atoms with Gasteiger partial charge in [0.05, 0.1) is 11.3 Å². The Labute approximate surface area is 186 Å². The maximum atomic E-state index is 14.0. The van der Waals surface area contributed by atoms with Crippen molar-refractivity contribution in [2.75, 3.05) is 11.4 Å². The summed E-state index contributed by atoms with van der Waals surface area (Å²) in [5.41, 5.74) is 6.37. The number of aromatic nitrogens is 2. The first-order valence-electron chi connectivity index (χ1n) is 9.45. The van der Waals surface area contributed by atoms with Gasteiger partial charge in [0.25, 0.3) is 0 Å². The van der Waals surface area contributed by atoms with Gasteiger partial charge in [0.15, 0.2) is 0 Å². The number of amides is 1. The molecule has 1 spiro atoms. The number of hydrogen-bond donors (Lipinski definition) is 3. The van der Waals surface area contributed by atoms with Crippen LogP contribution < -0.4 is 15.4 Å². The van der Waals surface area contributed by atoms with Crippen molar-refractivity contribution in [1.29, 1.82) is 5.26 Å². The molecular formula is C22H14ClN5O4. The van der Waals surface area contributed by atoms with E-state index in [1.54, 1.807) is 48.5 Å². The number of nitrogens with zero attached hydrogens (tertiary/aromatic N) is 3. The van der Waals surface area contributed by atoms with Crippen molar-refractivity contribution < 1.29 is 19.4 Å². The molecule has 158 valence electrons. The van der Waals surface area contributed by atoms with Crippen molar-refractivity contribution in [2.24, 2.45) is 5.73 Å². The molecule has 1 atom stereocenters. The number of benzene rings is 2. The number of hydrogen-bond acceptors (Lipinski definition) is 6. The number of nitriles is 1. The number of halogens is 1. The lowest BCUT2D eigenvalue weighted by Crippen LogP contribution is -2.47. The van der Waals surface area contributed by atoms with E-state index in [0.29, 0.717) is 27.5 Å². The van der Waals surface area contributed by atoms with Gasteiger partial charge in [-0.3, -0.25) is 19.6 Å². The summed E-state index contributed by atoms with van der Waals surface area (Å²) in [5, 5.41) is 27.1. The van der Waals surface area contributed by atoms with Gasteiger partial charge < -0.3 is 15.6 Å². The molecule has 5 rings (SSSR count). The van der Waals surface area contributed by atoms with Crippen molar-refractivity contribution in [3.63, 3.8) is 0 Å². The van der Waals surface area contributed by atoms with E-state index in [1.165, 1.54) is 0 Å². The Morgan fingerprint density at radius 1 is 1.28 bits per heavy atom. The van der Waals surface area contributed by atoms with Crippen LogP contribution in [0.2, 0.25) is 5.02 Å². The minimum atomic E-state index is -1.72. The third-order valence-corrected chi connectivity index (χ3v) is 5.89. The van der Waals surface area contributed by atoms with Crippen LogP contribution in [-0.4, -0.2) is 33.7 Å². The summed E-state index contributed by atoms with van der Waals surface area (Å²) >= 11 is 6.03. The van der Waals surface area contributed by atoms with E-state index in [0.717, 1.165) is 4.90 Å². The number of H-pyrrole nitrogens is 1. The van der Waals surface area contributed by atoms with E-state index in [4.69, 9.17) is 22.1 Å². The van der Waals surface area contributed by atoms with Crippen molar-refractivity contribution in [3.05, 3.63) is 76.1 Å². The summed E-state index contributed by atoms with van der Waals surface area (Å²) < 4.78 is 5.61. The van der Waals surface area contributed by atoms with E-state index in [2.05, 4.69) is 10.2 Å². The second-order valence-corrected chi connectivity index (χ2v) is 7.73. The molecule has 9 nitrogen and oxygen atoms in total. The zero-order valence-corrected chi connectivity index (χ0v) is 17.1. The van der Waals surface area contributed by atoms with Gasteiger partial charge in [0, 0.05) is 21.8 Å². The maximum Gasteiger partial charge on any atom is 0.323 e. The van der Waals surface area contributed by atoms with E-state index < -0.39 is 23.8 Å². The van der Waals surface area contributed by atoms with Gasteiger partial charge in [-0.05, 0) is 18.2 Å². The highest BCUT2D eigenvalue weighted by atomic mass is 35.5. The molecular weight excluding hydrogens is 434 g/mol. The number of nitrogens with one attached hydrogen (secondary N) is 1. The van der Waals surface area contributed by atoms with E-state index in [9.17, 15) is 20.0 Å². The van der Waals surface area contributed by atoms with Crippen LogP contribution >= 0.6 is 11.6 Å². The van der Waals surface area contributed by atoms with Gasteiger partial charge in [-0.25, -0.2) is 0 Å². The second kappa shape index (κ2) is 6.87. The van der Waals surface area contributed by atoms with Crippen LogP contribution in [0.15, 0.2) is 60.0 Å². The number of carboxylic acid groups (broad SMARTS) is 1. The highest BCUT2D eigenvalue weighted by Gasteiger charge is 2.61. The molecule has 32 heavy (non-hydrogen) atoms. The third kappa shape index (κ3) is 2.47. The van der Waals surface area contributed by atoms with Gasteiger partial charge in [-0.1, -0.05) is 41.9 Å². The number of carboxylic acids is 1. The molecule has 0 radical (unpaired) electrons. The molecule has 3 aromatic rings. The molecule has 1 aromatic heterocycles. The SMILES string of the molecule is N#CC1=C(N)Oc2n[nH]c(-c3ccc(Cl)cc3)c2[C@@]12C(=O)N(CC(=O)O)c1ccccc12. The quantitative estimate of drug-likeness (QED) is 0.559. The summed E-state index contributed by atoms with van der Waals surface area (Å²) in [6.07, 6.45) is 0. The fourth-order valence-electron chi connectivity index (χ4n) is 4.41. The number of fused-ring (bicyclic) bond motifs is 4. The van der Waals surface area contributed by atoms with Crippen LogP contribution in [-0.2, 0) is 15.0 Å². The van der Waals surface area contributed by atoms with Crippen molar-refractivity contribution >= 4 is 29.2 Å². The average molecular weight is 448 g/mol. The zero-order valence-electron chi connectivity index (χ0n) is 16.3. The van der Waals surface area contributed by atoms with Crippen molar-refractivity contribution in [1.82, 2.24) is 10.2 Å². The van der Waals surface area contributed by atoms with Crippen LogP contribution in [0.4, 0.5) is 5.69 Å². The number of anilines is 1. The lowest BCUT2D eigenvalue weighted by molar-refractivity contribution is -0.136. The molecule has 2 aliphatic heterocycles. The Morgan fingerprint density at radius 2 is 2.00 bits per heavy atom. The van der Waals surface area contributed by atoms with Gasteiger partial charge in [0.1, 0.15) is 23.6 Å². The molecule has 0 bridgehead atoms. The van der Waals surface area contributed by atoms with Crippen LogP contribution in [0.25, 0.3) is 11.3 Å². The van der Waals surface area contributed by atoms with Crippen molar-refractivity contribution in [3.8, 4) is 23.2 Å². The summed E-state index contributed by atoms with van der Waals surface area (Å²) in [4.78, 5) is 26.7. The smallest absolute Gasteiger partial charge is 0.323 e. The van der Waals surface area contributed by atoms with Crippen LogP contribution in [0.1, 0.15) is 11.1 Å². The minimum absolute atomic E-state index is 0.0341. The molecule has 0 unspecified atom stereocenters. The molecule has 2 aliphatic rings. The maximum absolute atomic E-state index is 14.0. The van der Waals surface area contributed by atoms with E-state index in [-0.39, 0.29) is 22.9 Å². The number of aromatic amines is 1. The lowest BCUT2D eigenvalue weighted by Gasteiger charge is -2.32. The minimum Gasteiger partial charge on any atom is -0.480 e. The highest BCUT2D eigenvalue weighted by Crippen LogP contribution is 2.56. The number of aliphatic carboxylic acids is 1. The predicted molar refractivity (Wildman–Crippen MR) is 114 cm³/mol. The van der Waals surface area contributed by atoms with Gasteiger partial charge in [-0.15, -0.1) is 5.10 Å². The first-order valence-corrected chi connectivity index (χ1v) is 9.83. The monoisotopic (exact) mass is 447 g/mol. The second-order valence-electron chi connectivity index (χ2n) is 7.29. The number of rotatable bonds is 3. The number of nitrogens with two attached hydrogens (primary N) is 1. The fourth-order valence-corrected chi connectivity index (χ4v) is 4.53. The van der Waals surface area contributed by atoms with Crippen molar-refractivity contribution in [2.45, 2.75) is 5.41 Å². The largest absolute Gasteiger partial charge is 0.480 e. The summed E-state index contributed by atoms with van der Waals surface area (Å²) in [7, 11) is 0. The van der Waals surface area contributed by atoms with E-state index >= 15 is 0 Å². The molecule has 0 fully saturated rings. The Hall–Kier alpha value is -4.29. The van der Waals surface area contributed by atoms with Crippen LogP contribution in [0.3, 0.4) is 0 Å². The molecule has 2 aromatic carbocycles. The Bertz CT molecular complexity index is 1370. The van der Waals surface area contributed by atoms with Crippen LogP contribution in [0, 0.1) is 11.3 Å². The predicted octanol–water partition coefficient (Wildman–Crippen LogP) is 2.53. The number of carbonyl (C=O) groups is 2. The van der Waals surface area contributed by atoms with E-state index in [1.807, 2.05) is 6.07 Å². The summed E-state index contributed by atoms with van der Waals surface area (Å²) in [6.45, 7) is -0.583. The van der Waals surface area contributed by atoms with Gasteiger partial charge in [-0.2, -0.15) is 5.26 Å². The molecule has 3 heterocycles. The molecule has 4 N–H and O–H groups in total. The molecule has 10 heteroatoms. The average Bonchev–Trinajstić information content (AvgIpc) is 3.29. The highest BCUT2D eigenvalue weighted by molar-refractivity contribution is 6.30. The zero-order chi connectivity index (χ0) is 22.6. The first kappa shape index (κ1) is 19.7. The first-order chi connectivity index (χ1) is 15.4. The third-order valence-electron chi connectivity index (χ3n) is 5.64. The van der Waals surface area contributed by atoms with Gasteiger partial charge in [0.2, 0.25) is 17.7 Å². The topological polar surface area (TPSA) is 145 Å². The normalized spacial score (nSPS) is 18.9. The number of ether oxygens (including phenoxy) is 1. The fraction of sp³-hybridized carbons (Fsp3) is 0.0909. The Balaban J connectivity index is 1.87. The van der Waals surface area contributed by atoms with Crippen LogP contribution in [0.5, 0.6) is 5.88 Å². The van der Waals surface area contributed by atoms with Gasteiger partial charge >= 0.3 is 5.97 Å². The number of para-hydroxylation sites is 1. The molecule has 0 saturated carbocycles. The number of carbonyl (C=O) groups excluding carboxylic acids is 1. The molecule has 0 saturated heterocycles. The standard InChI is InChI=1S/C22H14ClN5O4/c23-12-7-5-11(6-8-12)18-17-20(27-26-18)32-19(25)14(9-24)22(17)13-3-1-2-4-15(13)28(21(22)31)10-16(29)30/h1-8H,10,25H2,(H,26,27)(H,29,30)/t22-/m0/s1. The summed E-state index contributed by atoms with van der Waals surface area (Å²) in [5.74, 6) is -2.05. The summed E-state index contributed by atoms with van der Waals surface area (Å²) in [6, 6.07) is 15.5. The Morgan fingerprint density at radius 3 is 2.69 bits per heavy atom. The lowest BCUT2D eigenvalue weighted by atomic mass is 9.68. The molecule has 1 amide bonds. The molecule has 0 aliphatic carbocycles.